The van der Waals surface area contributed by atoms with E-state index in [1.165, 1.54) is 22.7 Å². The molecule has 0 radical (unpaired) electrons. The Morgan fingerprint density at radius 1 is 1.18 bits per heavy atom. The van der Waals surface area contributed by atoms with E-state index in [0.717, 1.165) is 47.0 Å². The Morgan fingerprint density at radius 3 is 2.73 bits per heavy atom. The Balaban J connectivity index is 1.62. The molecule has 168 valence electrons. The van der Waals surface area contributed by atoms with Gasteiger partial charge in [-0.1, -0.05) is 23.9 Å². The Kier molecular flexibility index (Phi) is 5.90. The number of nitro benzene ring substituents is 1. The molecule has 0 bridgehead atoms. The van der Waals surface area contributed by atoms with Gasteiger partial charge in [0, 0.05) is 22.8 Å². The van der Waals surface area contributed by atoms with E-state index in [9.17, 15) is 14.9 Å². The van der Waals surface area contributed by atoms with Gasteiger partial charge in [0.15, 0.2) is 5.16 Å². The highest BCUT2D eigenvalue weighted by Crippen LogP contribution is 2.36. The van der Waals surface area contributed by atoms with Crippen molar-refractivity contribution < 1.29 is 9.66 Å². The van der Waals surface area contributed by atoms with Gasteiger partial charge in [0.05, 0.1) is 23.1 Å². The van der Waals surface area contributed by atoms with E-state index in [2.05, 4.69) is 0 Å². The fourth-order valence-corrected chi connectivity index (χ4v) is 6.41. The predicted molar refractivity (Wildman–Crippen MR) is 131 cm³/mol. The molecule has 7 nitrogen and oxygen atoms in total. The number of hydrogen-bond donors (Lipinski definition) is 0. The zero-order valence-electron chi connectivity index (χ0n) is 17.9. The van der Waals surface area contributed by atoms with E-state index in [1.807, 2.05) is 30.3 Å². The van der Waals surface area contributed by atoms with Crippen molar-refractivity contribution in [1.29, 1.82) is 0 Å². The lowest BCUT2D eigenvalue weighted by Crippen LogP contribution is -2.22. The van der Waals surface area contributed by atoms with Crippen molar-refractivity contribution in [2.75, 3.05) is 7.11 Å². The van der Waals surface area contributed by atoms with E-state index in [4.69, 9.17) is 9.72 Å². The third-order valence-electron chi connectivity index (χ3n) is 5.78. The normalized spacial score (nSPS) is 13.1. The quantitative estimate of drug-likeness (QED) is 0.156. The first kappa shape index (κ1) is 21.7. The van der Waals surface area contributed by atoms with Crippen LogP contribution >= 0.6 is 23.1 Å². The van der Waals surface area contributed by atoms with Crippen molar-refractivity contribution in [1.82, 2.24) is 9.55 Å². The maximum atomic E-state index is 13.8. The van der Waals surface area contributed by atoms with Crippen LogP contribution in [0.15, 0.2) is 58.5 Å². The zero-order valence-corrected chi connectivity index (χ0v) is 19.6. The molecule has 0 saturated carbocycles. The largest absolute Gasteiger partial charge is 0.497 e. The fraction of sp³-hybridized carbons (Fsp3) is 0.250. The van der Waals surface area contributed by atoms with E-state index in [1.54, 1.807) is 35.1 Å². The maximum absolute atomic E-state index is 13.8. The minimum absolute atomic E-state index is 0.0509. The molecule has 1 aliphatic carbocycles. The highest BCUT2D eigenvalue weighted by molar-refractivity contribution is 7.98. The number of nitrogens with zero attached hydrogens (tertiary/aromatic N) is 3. The Bertz CT molecular complexity index is 1410. The monoisotopic (exact) mass is 479 g/mol. The number of thiophene rings is 1. The third kappa shape index (κ3) is 4.14. The van der Waals surface area contributed by atoms with Gasteiger partial charge in [0.2, 0.25) is 0 Å². The summed E-state index contributed by atoms with van der Waals surface area (Å²) in [5.74, 6) is 1.17. The predicted octanol–water partition coefficient (Wildman–Crippen LogP) is 5.54. The minimum atomic E-state index is -0.401. The number of hydrogen-bond acceptors (Lipinski definition) is 7. The number of rotatable bonds is 6. The molecular weight excluding hydrogens is 458 g/mol. The van der Waals surface area contributed by atoms with Crippen LogP contribution in [0.4, 0.5) is 5.69 Å². The molecule has 0 atom stereocenters. The van der Waals surface area contributed by atoms with Crippen LogP contribution in [-0.4, -0.2) is 21.6 Å². The van der Waals surface area contributed by atoms with Crippen molar-refractivity contribution in [2.24, 2.45) is 0 Å². The van der Waals surface area contributed by atoms with E-state index in [0.29, 0.717) is 22.3 Å². The van der Waals surface area contributed by atoms with Gasteiger partial charge in [-0.2, -0.15) is 0 Å². The van der Waals surface area contributed by atoms with Gasteiger partial charge < -0.3 is 4.74 Å². The molecule has 0 unspecified atom stereocenters. The molecule has 5 rings (SSSR count). The van der Waals surface area contributed by atoms with Gasteiger partial charge in [-0.25, -0.2) is 4.98 Å². The molecule has 0 fully saturated rings. The Hall–Kier alpha value is -3.17. The average molecular weight is 480 g/mol. The summed E-state index contributed by atoms with van der Waals surface area (Å²) in [7, 11) is 1.60. The van der Waals surface area contributed by atoms with Crippen molar-refractivity contribution in [3.63, 3.8) is 0 Å². The number of fused-ring (bicyclic) bond motifs is 3. The molecule has 2 aromatic heterocycles. The third-order valence-corrected chi connectivity index (χ3v) is 7.97. The molecule has 0 aliphatic heterocycles. The van der Waals surface area contributed by atoms with Crippen LogP contribution in [-0.2, 0) is 18.6 Å². The number of aryl methyl sites for hydroxylation is 2. The second-order valence-corrected chi connectivity index (χ2v) is 9.87. The van der Waals surface area contributed by atoms with E-state index < -0.39 is 4.92 Å². The Morgan fingerprint density at radius 2 is 1.97 bits per heavy atom. The SMILES string of the molecule is COc1ccc(-n2c(SCc3cccc([N+](=O)[O-])c3)nc3sc4c(c3c2=O)CCCC4)cc1. The maximum Gasteiger partial charge on any atom is 0.269 e. The molecule has 33 heavy (non-hydrogen) atoms. The molecule has 0 spiro atoms. The Labute approximate surface area is 198 Å². The van der Waals surface area contributed by atoms with Crippen LogP contribution in [0, 0.1) is 10.1 Å². The van der Waals surface area contributed by atoms with Crippen molar-refractivity contribution in [3.05, 3.63) is 85.0 Å². The highest BCUT2D eigenvalue weighted by atomic mass is 32.2. The van der Waals surface area contributed by atoms with Gasteiger partial charge in [0.25, 0.3) is 11.2 Å². The van der Waals surface area contributed by atoms with Crippen molar-refractivity contribution in [2.45, 2.75) is 36.6 Å². The molecule has 0 amide bonds. The summed E-state index contributed by atoms with van der Waals surface area (Å²) in [5, 5.41) is 12.4. The number of aromatic nitrogens is 2. The summed E-state index contributed by atoms with van der Waals surface area (Å²) < 4.78 is 6.93. The molecule has 2 heterocycles. The molecular formula is C24H21N3O4S2. The van der Waals surface area contributed by atoms with Crippen molar-refractivity contribution >= 4 is 39.0 Å². The number of non-ortho nitro benzene ring substituents is 1. The summed E-state index contributed by atoms with van der Waals surface area (Å²) in [4.78, 5) is 31.5. The van der Waals surface area contributed by atoms with Crippen molar-refractivity contribution in [3.8, 4) is 11.4 Å². The second kappa shape index (κ2) is 8.99. The zero-order chi connectivity index (χ0) is 22.9. The highest BCUT2D eigenvalue weighted by Gasteiger charge is 2.23. The van der Waals surface area contributed by atoms with Gasteiger partial charge in [0.1, 0.15) is 10.6 Å². The molecule has 1 aliphatic rings. The summed E-state index contributed by atoms with van der Waals surface area (Å²) in [6, 6.07) is 13.9. The number of nitro groups is 1. The second-order valence-electron chi connectivity index (χ2n) is 7.84. The smallest absolute Gasteiger partial charge is 0.269 e. The van der Waals surface area contributed by atoms with E-state index >= 15 is 0 Å². The van der Waals surface area contributed by atoms with Crippen LogP contribution in [0.25, 0.3) is 15.9 Å². The summed E-state index contributed by atoms with van der Waals surface area (Å²) in [6.07, 6.45) is 4.13. The first-order valence-corrected chi connectivity index (χ1v) is 12.4. The summed E-state index contributed by atoms with van der Waals surface area (Å²) >= 11 is 3.02. The van der Waals surface area contributed by atoms with Crippen LogP contribution in [0.1, 0.15) is 28.8 Å². The van der Waals surface area contributed by atoms with Crippen LogP contribution in [0.5, 0.6) is 5.75 Å². The topological polar surface area (TPSA) is 87.3 Å². The number of methoxy groups -OCH3 is 1. The van der Waals surface area contributed by atoms with Crippen LogP contribution < -0.4 is 10.3 Å². The summed E-state index contributed by atoms with van der Waals surface area (Å²) in [5.41, 5.74) is 2.65. The van der Waals surface area contributed by atoms with Gasteiger partial charge in [-0.05, 0) is 61.1 Å². The lowest BCUT2D eigenvalue weighted by Gasteiger charge is -2.14. The molecule has 0 saturated heterocycles. The lowest BCUT2D eigenvalue weighted by molar-refractivity contribution is -0.384. The molecule has 0 N–H and O–H groups in total. The van der Waals surface area contributed by atoms with Gasteiger partial charge in [-0.3, -0.25) is 19.5 Å². The standard InChI is InChI=1S/C24H21N3O4S2/c1-31-18-11-9-16(10-12-18)26-23(28)21-19-7-2-3-8-20(19)33-22(21)25-24(26)32-14-15-5-4-6-17(13-15)27(29)30/h4-6,9-13H,2-3,7-8,14H2,1H3. The minimum Gasteiger partial charge on any atom is -0.497 e. The van der Waals surface area contributed by atoms with Gasteiger partial charge in [-0.15, -0.1) is 11.3 Å². The first-order chi connectivity index (χ1) is 16.0. The molecule has 4 aromatic rings. The van der Waals surface area contributed by atoms with Crippen LogP contribution in [0.3, 0.4) is 0 Å². The molecule has 2 aromatic carbocycles. The number of thioether (sulfide) groups is 1. The van der Waals surface area contributed by atoms with Gasteiger partial charge >= 0.3 is 0 Å². The fourth-order valence-electron chi connectivity index (χ4n) is 4.15. The summed E-state index contributed by atoms with van der Waals surface area (Å²) in [6.45, 7) is 0. The average Bonchev–Trinajstić information content (AvgIpc) is 3.22. The molecule has 9 heteroatoms. The first-order valence-electron chi connectivity index (χ1n) is 10.6. The number of ether oxygens (including phenoxy) is 1. The lowest BCUT2D eigenvalue weighted by atomic mass is 9.97. The number of benzene rings is 2. The van der Waals surface area contributed by atoms with Crippen LogP contribution in [0.2, 0.25) is 0 Å². The van der Waals surface area contributed by atoms with E-state index in [-0.39, 0.29) is 11.2 Å².